The summed E-state index contributed by atoms with van der Waals surface area (Å²) in [5.74, 6) is -0.0311. The third kappa shape index (κ3) is 4.07. The highest BCUT2D eigenvalue weighted by Crippen LogP contribution is 2.22. The van der Waals surface area contributed by atoms with E-state index in [0.29, 0.717) is 5.75 Å². The fourth-order valence-corrected chi connectivity index (χ4v) is 1.84. The number of hydrogen-bond donors (Lipinski definition) is 2. The molecule has 1 atom stereocenters. The number of benzene rings is 2. The van der Waals surface area contributed by atoms with Gasteiger partial charge in [0.1, 0.15) is 5.75 Å². The second-order valence-corrected chi connectivity index (χ2v) is 4.50. The summed E-state index contributed by atoms with van der Waals surface area (Å²) in [7, 11) is 0. The van der Waals surface area contributed by atoms with E-state index in [0.717, 1.165) is 11.1 Å². The number of nitrogens with one attached hydrogen (secondary N) is 1. The molecule has 108 valence electrons. The Balaban J connectivity index is 2.03. The van der Waals surface area contributed by atoms with Gasteiger partial charge in [0.05, 0.1) is 0 Å². The van der Waals surface area contributed by atoms with Gasteiger partial charge >= 0.3 is 6.03 Å². The van der Waals surface area contributed by atoms with Gasteiger partial charge in [-0.3, -0.25) is 10.1 Å². The maximum atomic E-state index is 11.5. The van der Waals surface area contributed by atoms with E-state index in [4.69, 9.17) is 10.5 Å². The molecule has 0 unspecified atom stereocenters. The molecule has 0 heterocycles. The van der Waals surface area contributed by atoms with Gasteiger partial charge in [-0.2, -0.15) is 0 Å². The van der Waals surface area contributed by atoms with E-state index in [-0.39, 0.29) is 0 Å². The predicted octanol–water partition coefficient (Wildman–Crippen LogP) is 2.32. The molecule has 0 saturated carbocycles. The maximum absolute atomic E-state index is 11.5. The van der Waals surface area contributed by atoms with Crippen molar-refractivity contribution in [3.63, 3.8) is 0 Å². The Kier molecular flexibility index (Phi) is 4.56. The van der Waals surface area contributed by atoms with Crippen molar-refractivity contribution < 1.29 is 14.3 Å². The van der Waals surface area contributed by atoms with E-state index in [9.17, 15) is 9.59 Å². The Hall–Kier alpha value is -2.82. The summed E-state index contributed by atoms with van der Waals surface area (Å²) in [6, 6.07) is 16.4. The van der Waals surface area contributed by atoms with Crippen LogP contribution in [0.5, 0.6) is 5.75 Å². The number of ether oxygens (including phenoxy) is 1. The second-order valence-electron chi connectivity index (χ2n) is 4.50. The van der Waals surface area contributed by atoms with Crippen molar-refractivity contribution in [2.45, 2.75) is 13.0 Å². The molecule has 0 aliphatic heterocycles. The first-order valence-electron chi connectivity index (χ1n) is 6.48. The highest BCUT2D eigenvalue weighted by atomic mass is 16.5. The van der Waals surface area contributed by atoms with Crippen LogP contribution in [0.1, 0.15) is 6.92 Å². The van der Waals surface area contributed by atoms with Crippen molar-refractivity contribution in [3.05, 3.63) is 54.6 Å². The Bertz CT molecular complexity index is 624. The van der Waals surface area contributed by atoms with Crippen molar-refractivity contribution in [2.24, 2.45) is 5.73 Å². The van der Waals surface area contributed by atoms with Crippen molar-refractivity contribution in [3.8, 4) is 16.9 Å². The molecule has 21 heavy (non-hydrogen) atoms. The van der Waals surface area contributed by atoms with E-state index < -0.39 is 18.0 Å². The largest absolute Gasteiger partial charge is 0.481 e. The normalized spacial score (nSPS) is 11.5. The highest BCUT2D eigenvalue weighted by molar-refractivity contribution is 5.95. The molecule has 0 radical (unpaired) electrons. The van der Waals surface area contributed by atoms with E-state index in [1.807, 2.05) is 47.8 Å². The molecular formula is C16H16N2O3. The monoisotopic (exact) mass is 284 g/mol. The fourth-order valence-electron chi connectivity index (χ4n) is 1.84. The summed E-state index contributed by atoms with van der Waals surface area (Å²) in [6.07, 6.45) is -0.805. The molecule has 2 aromatic carbocycles. The first kappa shape index (κ1) is 14.6. The number of nitrogens with two attached hydrogens (primary N) is 1. The van der Waals surface area contributed by atoms with Gasteiger partial charge in [-0.25, -0.2) is 4.79 Å². The summed E-state index contributed by atoms with van der Waals surface area (Å²) in [5.41, 5.74) is 7.04. The van der Waals surface area contributed by atoms with Crippen LogP contribution in [0.3, 0.4) is 0 Å². The highest BCUT2D eigenvalue weighted by Gasteiger charge is 2.15. The minimum Gasteiger partial charge on any atom is -0.481 e. The summed E-state index contributed by atoms with van der Waals surface area (Å²) in [4.78, 5) is 22.1. The van der Waals surface area contributed by atoms with E-state index in [1.54, 1.807) is 19.1 Å². The number of amides is 3. The van der Waals surface area contributed by atoms with Crippen LogP contribution in [0.25, 0.3) is 11.1 Å². The lowest BCUT2D eigenvalue weighted by molar-refractivity contribution is -0.126. The first-order chi connectivity index (χ1) is 10.1. The molecule has 2 aromatic rings. The summed E-state index contributed by atoms with van der Waals surface area (Å²) < 4.78 is 5.45. The van der Waals surface area contributed by atoms with Gasteiger partial charge in [0.15, 0.2) is 6.10 Å². The average molecular weight is 284 g/mol. The van der Waals surface area contributed by atoms with Crippen LogP contribution in [0, 0.1) is 0 Å². The minimum atomic E-state index is -0.894. The van der Waals surface area contributed by atoms with Crippen LogP contribution in [0.15, 0.2) is 54.6 Å². The number of carbonyl (C=O) groups is 2. The van der Waals surface area contributed by atoms with Gasteiger partial charge in [0.2, 0.25) is 0 Å². The lowest BCUT2D eigenvalue weighted by atomic mass is 10.1. The minimum absolute atomic E-state index is 0.543. The molecule has 5 nitrogen and oxygen atoms in total. The number of carbonyl (C=O) groups excluding carboxylic acids is 2. The van der Waals surface area contributed by atoms with Crippen LogP contribution in [-0.4, -0.2) is 18.0 Å². The Labute approximate surface area is 122 Å². The Morgan fingerprint density at radius 3 is 2.14 bits per heavy atom. The number of imide groups is 1. The number of urea groups is 1. The van der Waals surface area contributed by atoms with Gasteiger partial charge < -0.3 is 10.5 Å². The van der Waals surface area contributed by atoms with Crippen LogP contribution in [0.2, 0.25) is 0 Å². The zero-order chi connectivity index (χ0) is 15.2. The molecule has 0 aliphatic carbocycles. The molecule has 0 saturated heterocycles. The smallest absolute Gasteiger partial charge is 0.318 e. The summed E-state index contributed by atoms with van der Waals surface area (Å²) in [6.45, 7) is 1.55. The molecular weight excluding hydrogens is 268 g/mol. The van der Waals surface area contributed by atoms with Crippen LogP contribution < -0.4 is 15.8 Å². The van der Waals surface area contributed by atoms with Gasteiger partial charge in [-0.15, -0.1) is 0 Å². The zero-order valence-corrected chi connectivity index (χ0v) is 11.6. The van der Waals surface area contributed by atoms with Crippen molar-refractivity contribution >= 4 is 11.9 Å². The van der Waals surface area contributed by atoms with E-state index in [2.05, 4.69) is 0 Å². The fraction of sp³-hybridized carbons (Fsp3) is 0.125. The second kappa shape index (κ2) is 6.56. The molecule has 0 bridgehead atoms. The topological polar surface area (TPSA) is 81.4 Å². The molecule has 3 N–H and O–H groups in total. The van der Waals surface area contributed by atoms with Crippen LogP contribution in [0.4, 0.5) is 4.79 Å². The SMILES string of the molecule is C[C@@H](Oc1ccc(-c2ccccc2)cc1)C(=O)NC(N)=O. The van der Waals surface area contributed by atoms with E-state index in [1.165, 1.54) is 0 Å². The Morgan fingerprint density at radius 1 is 1.00 bits per heavy atom. The zero-order valence-electron chi connectivity index (χ0n) is 11.6. The summed E-state index contributed by atoms with van der Waals surface area (Å²) in [5, 5.41) is 1.97. The third-order valence-electron chi connectivity index (χ3n) is 2.89. The number of primary amides is 1. The lowest BCUT2D eigenvalue weighted by Crippen LogP contribution is -2.42. The molecule has 2 rings (SSSR count). The molecule has 3 amide bonds. The van der Waals surface area contributed by atoms with Crippen LogP contribution in [-0.2, 0) is 4.79 Å². The number of rotatable bonds is 4. The van der Waals surface area contributed by atoms with Gasteiger partial charge in [0, 0.05) is 0 Å². The predicted molar refractivity (Wildman–Crippen MR) is 79.7 cm³/mol. The Morgan fingerprint density at radius 2 is 1.57 bits per heavy atom. The molecule has 0 spiro atoms. The molecule has 0 aliphatic rings. The molecule has 5 heteroatoms. The van der Waals surface area contributed by atoms with Crippen molar-refractivity contribution in [1.29, 1.82) is 0 Å². The maximum Gasteiger partial charge on any atom is 0.318 e. The molecule has 0 aromatic heterocycles. The van der Waals surface area contributed by atoms with Crippen LogP contribution >= 0.6 is 0 Å². The van der Waals surface area contributed by atoms with E-state index >= 15 is 0 Å². The van der Waals surface area contributed by atoms with Crippen molar-refractivity contribution in [2.75, 3.05) is 0 Å². The molecule has 0 fully saturated rings. The van der Waals surface area contributed by atoms with Gasteiger partial charge in [-0.05, 0) is 30.2 Å². The first-order valence-corrected chi connectivity index (χ1v) is 6.48. The average Bonchev–Trinajstić information content (AvgIpc) is 2.48. The lowest BCUT2D eigenvalue weighted by Gasteiger charge is -2.13. The third-order valence-corrected chi connectivity index (χ3v) is 2.89. The standard InChI is InChI=1S/C16H16N2O3/c1-11(15(19)18-16(17)20)21-14-9-7-13(8-10-14)12-5-3-2-4-6-12/h2-11H,1H3,(H3,17,18,19,20)/t11-/m1/s1. The van der Waals surface area contributed by atoms with Gasteiger partial charge in [0.25, 0.3) is 5.91 Å². The summed E-state index contributed by atoms with van der Waals surface area (Å²) >= 11 is 0. The number of hydrogen-bond acceptors (Lipinski definition) is 3. The van der Waals surface area contributed by atoms with Gasteiger partial charge in [-0.1, -0.05) is 42.5 Å². The van der Waals surface area contributed by atoms with Crippen molar-refractivity contribution in [1.82, 2.24) is 5.32 Å². The quantitative estimate of drug-likeness (QED) is 0.904.